The monoisotopic (exact) mass is 256 g/mol. The molecule has 2 saturated carbocycles. The van der Waals surface area contributed by atoms with Crippen LogP contribution < -0.4 is 0 Å². The summed E-state index contributed by atoms with van der Waals surface area (Å²) in [4.78, 5) is 0. The molecule has 2 fully saturated rings. The summed E-state index contributed by atoms with van der Waals surface area (Å²) in [5.41, 5.74) is 0.714. The molecular weight excluding hydrogens is 226 g/mol. The average molecular weight is 256 g/mol. The Bertz CT molecular complexity index is 304. The molecule has 2 heteroatoms. The normalized spacial score (nSPS) is 29.7. The maximum Gasteiger partial charge on any atom is 0.0631 e. The maximum atomic E-state index is 6.73. The van der Waals surface area contributed by atoms with Crippen molar-refractivity contribution in [2.45, 2.75) is 90.2 Å². The minimum Gasteiger partial charge on any atom is -0.0911 e. The van der Waals surface area contributed by atoms with Gasteiger partial charge in [-0.2, -0.15) is 0 Å². The zero-order chi connectivity index (χ0) is 14.1. The largest absolute Gasteiger partial charge is 0.0911 e. The maximum absolute atomic E-state index is 6.73. The van der Waals surface area contributed by atoms with E-state index in [2.05, 4.69) is 20.8 Å². The van der Waals surface area contributed by atoms with Crippen molar-refractivity contribution in [2.75, 3.05) is 0 Å². The molecule has 0 amide bonds. The molecule has 2 aliphatic carbocycles. The Hall–Kier alpha value is 0.130. The number of hydrogen-bond donors (Lipinski definition) is 0. The van der Waals surface area contributed by atoms with Gasteiger partial charge in [-0.15, -0.1) is 0 Å². The van der Waals surface area contributed by atoms with Crippen molar-refractivity contribution in [1.29, 1.82) is 0 Å². The van der Waals surface area contributed by atoms with Crippen molar-refractivity contribution in [3.05, 3.63) is 0 Å². The molecule has 4 radical (unpaired) electrons. The van der Waals surface area contributed by atoms with E-state index in [1.54, 1.807) is 0 Å². The SMILES string of the molecule is [B]C([B])(C1CCC2(CCCC2)C1)C(C)(CC)CCC. The summed E-state index contributed by atoms with van der Waals surface area (Å²) in [6.45, 7) is 6.82. The van der Waals surface area contributed by atoms with E-state index >= 15 is 0 Å². The third-order valence-corrected chi connectivity index (χ3v) is 6.67. The molecule has 0 aromatic carbocycles. The Morgan fingerprint density at radius 1 is 1.11 bits per heavy atom. The second-order valence-electron chi connectivity index (χ2n) is 7.74. The van der Waals surface area contributed by atoms with Crippen LogP contribution in [-0.2, 0) is 0 Å². The molecule has 1 spiro atoms. The van der Waals surface area contributed by atoms with Gasteiger partial charge < -0.3 is 0 Å². The smallest absolute Gasteiger partial charge is 0.0631 e. The summed E-state index contributed by atoms with van der Waals surface area (Å²) in [6.07, 6.45) is 13.1. The third kappa shape index (κ3) is 2.66. The fourth-order valence-corrected chi connectivity index (χ4v) is 4.94. The van der Waals surface area contributed by atoms with E-state index < -0.39 is 5.21 Å². The standard InChI is InChI=1S/C17H30B2/c1-4-9-15(3,5-2)17(18,19)14-8-12-16(13-14)10-6-7-11-16/h14H,4-13H2,1-3H3. The molecule has 2 atom stereocenters. The van der Waals surface area contributed by atoms with Crippen LogP contribution in [0.1, 0.15) is 85.0 Å². The minimum atomic E-state index is -0.482. The van der Waals surface area contributed by atoms with E-state index in [1.165, 1.54) is 51.4 Å². The van der Waals surface area contributed by atoms with Gasteiger partial charge in [-0.1, -0.05) is 64.0 Å². The Morgan fingerprint density at radius 3 is 2.26 bits per heavy atom. The van der Waals surface area contributed by atoms with Gasteiger partial charge in [-0.25, -0.2) is 0 Å². The van der Waals surface area contributed by atoms with Crippen LogP contribution >= 0.6 is 0 Å². The molecule has 0 N–H and O–H groups in total. The highest BCUT2D eigenvalue weighted by Crippen LogP contribution is 2.62. The molecule has 104 valence electrons. The predicted molar refractivity (Wildman–Crippen MR) is 85.7 cm³/mol. The first-order chi connectivity index (χ1) is 8.89. The van der Waals surface area contributed by atoms with Crippen LogP contribution in [0.3, 0.4) is 0 Å². The summed E-state index contributed by atoms with van der Waals surface area (Å²) in [6, 6.07) is 0. The lowest BCUT2D eigenvalue weighted by Gasteiger charge is -2.50. The molecular formula is C17H30B2. The predicted octanol–water partition coefficient (Wildman–Crippen LogP) is 5.02. The van der Waals surface area contributed by atoms with Crippen molar-refractivity contribution in [3.63, 3.8) is 0 Å². The number of hydrogen-bond acceptors (Lipinski definition) is 0. The molecule has 0 aliphatic heterocycles. The molecule has 0 aromatic rings. The van der Waals surface area contributed by atoms with Gasteiger partial charge in [0.1, 0.15) is 0 Å². The second-order valence-corrected chi connectivity index (χ2v) is 7.74. The summed E-state index contributed by atoms with van der Waals surface area (Å²) in [5.74, 6) is 0.530. The van der Waals surface area contributed by atoms with Crippen molar-refractivity contribution in [2.24, 2.45) is 16.7 Å². The van der Waals surface area contributed by atoms with E-state index in [0.29, 0.717) is 11.3 Å². The van der Waals surface area contributed by atoms with Crippen molar-refractivity contribution >= 4 is 15.7 Å². The van der Waals surface area contributed by atoms with E-state index in [9.17, 15) is 0 Å². The van der Waals surface area contributed by atoms with E-state index in [-0.39, 0.29) is 5.41 Å². The number of rotatable bonds is 5. The quantitative estimate of drug-likeness (QED) is 0.606. The Balaban J connectivity index is 2.11. The van der Waals surface area contributed by atoms with Crippen LogP contribution in [0.25, 0.3) is 0 Å². The van der Waals surface area contributed by atoms with E-state index in [0.717, 1.165) is 12.8 Å². The fourth-order valence-electron chi connectivity index (χ4n) is 4.94. The molecule has 0 saturated heterocycles. The van der Waals surface area contributed by atoms with Crippen LogP contribution in [0.4, 0.5) is 0 Å². The Kier molecular flexibility index (Phi) is 4.48. The Labute approximate surface area is 123 Å². The van der Waals surface area contributed by atoms with Gasteiger partial charge in [-0.05, 0) is 42.9 Å². The summed E-state index contributed by atoms with van der Waals surface area (Å²) in [7, 11) is 13.5. The highest BCUT2D eigenvalue weighted by atomic mass is 14.5. The first kappa shape index (κ1) is 15.5. The summed E-state index contributed by atoms with van der Waals surface area (Å²) >= 11 is 0. The van der Waals surface area contributed by atoms with Gasteiger partial charge in [0.05, 0.1) is 15.7 Å². The van der Waals surface area contributed by atoms with Crippen molar-refractivity contribution in [3.8, 4) is 0 Å². The van der Waals surface area contributed by atoms with Crippen LogP contribution in [0.2, 0.25) is 5.21 Å². The zero-order valence-electron chi connectivity index (χ0n) is 13.3. The van der Waals surface area contributed by atoms with Gasteiger partial charge in [0, 0.05) is 0 Å². The third-order valence-electron chi connectivity index (χ3n) is 6.67. The van der Waals surface area contributed by atoms with Crippen molar-refractivity contribution < 1.29 is 0 Å². The van der Waals surface area contributed by atoms with Crippen LogP contribution in [0.15, 0.2) is 0 Å². The topological polar surface area (TPSA) is 0 Å². The highest BCUT2D eigenvalue weighted by molar-refractivity contribution is 6.40. The first-order valence-corrected chi connectivity index (χ1v) is 8.47. The molecule has 0 aromatic heterocycles. The highest BCUT2D eigenvalue weighted by Gasteiger charge is 2.50. The first-order valence-electron chi connectivity index (χ1n) is 8.47. The Morgan fingerprint density at radius 2 is 1.74 bits per heavy atom. The molecule has 0 nitrogen and oxygen atoms in total. The molecule has 2 aliphatic rings. The summed E-state index contributed by atoms with van der Waals surface area (Å²) < 4.78 is 0. The lowest BCUT2D eigenvalue weighted by molar-refractivity contribution is 0.171. The molecule has 2 rings (SSSR count). The minimum absolute atomic E-state index is 0.0938. The van der Waals surface area contributed by atoms with Gasteiger partial charge in [0.25, 0.3) is 0 Å². The fraction of sp³-hybridized carbons (Fsp3) is 1.00. The van der Waals surface area contributed by atoms with Crippen LogP contribution in [0.5, 0.6) is 0 Å². The van der Waals surface area contributed by atoms with Gasteiger partial charge in [0.15, 0.2) is 0 Å². The lowest BCUT2D eigenvalue weighted by atomic mass is 9.36. The van der Waals surface area contributed by atoms with Gasteiger partial charge >= 0.3 is 0 Å². The molecule has 19 heavy (non-hydrogen) atoms. The van der Waals surface area contributed by atoms with Crippen molar-refractivity contribution in [1.82, 2.24) is 0 Å². The van der Waals surface area contributed by atoms with Gasteiger partial charge in [-0.3, -0.25) is 0 Å². The van der Waals surface area contributed by atoms with Crippen LogP contribution in [-0.4, -0.2) is 15.7 Å². The molecule has 0 heterocycles. The zero-order valence-corrected chi connectivity index (χ0v) is 13.3. The lowest BCUT2D eigenvalue weighted by Crippen LogP contribution is -2.40. The molecule has 0 bridgehead atoms. The summed E-state index contributed by atoms with van der Waals surface area (Å²) in [5, 5.41) is -0.482. The molecule has 2 unspecified atom stereocenters. The second kappa shape index (κ2) is 5.49. The van der Waals surface area contributed by atoms with E-state index in [4.69, 9.17) is 15.7 Å². The average Bonchev–Trinajstić information content (AvgIpc) is 3.00. The van der Waals surface area contributed by atoms with Gasteiger partial charge in [0.2, 0.25) is 0 Å². The van der Waals surface area contributed by atoms with E-state index in [1.807, 2.05) is 0 Å². The van der Waals surface area contributed by atoms with Crippen LogP contribution in [0, 0.1) is 16.7 Å².